The van der Waals surface area contributed by atoms with Crippen LogP contribution in [0.2, 0.25) is 0 Å². The molecule has 1 aliphatic heterocycles. The van der Waals surface area contributed by atoms with Gasteiger partial charge >= 0.3 is 0 Å². The molecule has 0 aromatic carbocycles. The zero-order valence-electron chi connectivity index (χ0n) is 17.4. The van der Waals surface area contributed by atoms with E-state index in [1.807, 2.05) is 26.0 Å². The molecule has 158 valence electrons. The van der Waals surface area contributed by atoms with Gasteiger partial charge in [-0.15, -0.1) is 0 Å². The van der Waals surface area contributed by atoms with Crippen molar-refractivity contribution in [2.45, 2.75) is 45.6 Å². The molecule has 29 heavy (non-hydrogen) atoms. The number of carbonyl (C=O) groups is 1. The molecule has 0 spiro atoms. The molecule has 1 aliphatic rings. The summed E-state index contributed by atoms with van der Waals surface area (Å²) in [7, 11) is 0. The first-order valence-electron chi connectivity index (χ1n) is 9.86. The van der Waals surface area contributed by atoms with Gasteiger partial charge in [-0.25, -0.2) is 0 Å². The zero-order valence-corrected chi connectivity index (χ0v) is 17.4. The minimum absolute atomic E-state index is 0.0312. The van der Waals surface area contributed by atoms with Crippen molar-refractivity contribution in [2.24, 2.45) is 26.6 Å². The van der Waals surface area contributed by atoms with Crippen molar-refractivity contribution in [1.82, 2.24) is 5.32 Å². The van der Waals surface area contributed by atoms with Crippen molar-refractivity contribution < 1.29 is 9.18 Å². The average Bonchev–Trinajstić information content (AvgIpc) is 2.70. The van der Waals surface area contributed by atoms with Crippen molar-refractivity contribution in [3.8, 4) is 0 Å². The molecular weight excluding hydrogens is 369 g/mol. The van der Waals surface area contributed by atoms with Gasteiger partial charge in [-0.3, -0.25) is 24.2 Å². The Labute approximate surface area is 173 Å². The van der Waals surface area contributed by atoms with Gasteiger partial charge in [-0.05, 0) is 44.4 Å². The summed E-state index contributed by atoms with van der Waals surface area (Å²) in [6.07, 6.45) is 14.2. The van der Waals surface area contributed by atoms with Crippen LogP contribution >= 0.6 is 0 Å². The van der Waals surface area contributed by atoms with E-state index < -0.39 is 6.67 Å². The van der Waals surface area contributed by atoms with Gasteiger partial charge in [-0.2, -0.15) is 0 Å². The lowest BCUT2D eigenvalue weighted by atomic mass is 9.99. The third kappa shape index (κ3) is 10.3. The molecule has 1 heterocycles. The molecule has 2 atom stereocenters. The number of nitrogens with one attached hydrogen (secondary N) is 1. The number of amidine groups is 1. The number of rotatable bonds is 12. The van der Waals surface area contributed by atoms with Crippen LogP contribution in [0.3, 0.4) is 0 Å². The van der Waals surface area contributed by atoms with Gasteiger partial charge in [-0.1, -0.05) is 18.7 Å². The van der Waals surface area contributed by atoms with E-state index in [2.05, 4.69) is 26.9 Å². The zero-order chi connectivity index (χ0) is 21.5. The normalized spacial score (nSPS) is 18.9. The SMILES string of the molecule is C=C/C(=C\N=CCCF)CC1=CC(C(=O)NCCC(C)N=C(N)/C=C/C)CC=N1. The van der Waals surface area contributed by atoms with Gasteiger partial charge in [0, 0.05) is 43.7 Å². The lowest BCUT2D eigenvalue weighted by molar-refractivity contribution is -0.123. The van der Waals surface area contributed by atoms with E-state index >= 15 is 0 Å². The summed E-state index contributed by atoms with van der Waals surface area (Å²) in [5.74, 6) is 0.203. The molecule has 0 fully saturated rings. The third-order valence-corrected chi connectivity index (χ3v) is 4.15. The number of nitrogens with two attached hydrogens (primary N) is 1. The van der Waals surface area contributed by atoms with Crippen molar-refractivity contribution in [3.63, 3.8) is 0 Å². The van der Waals surface area contributed by atoms with Gasteiger partial charge in [0.25, 0.3) is 0 Å². The quantitative estimate of drug-likeness (QED) is 0.297. The van der Waals surface area contributed by atoms with Crippen molar-refractivity contribution in [2.75, 3.05) is 13.2 Å². The van der Waals surface area contributed by atoms with Crippen LogP contribution in [-0.4, -0.2) is 43.4 Å². The van der Waals surface area contributed by atoms with Crippen LogP contribution in [0.5, 0.6) is 0 Å². The number of allylic oxidation sites excluding steroid dienone is 3. The summed E-state index contributed by atoms with van der Waals surface area (Å²) < 4.78 is 12.1. The van der Waals surface area contributed by atoms with Crippen LogP contribution < -0.4 is 11.1 Å². The molecule has 0 aliphatic carbocycles. The van der Waals surface area contributed by atoms with Crippen LogP contribution in [0.15, 0.2) is 63.3 Å². The predicted molar refractivity (Wildman–Crippen MR) is 120 cm³/mol. The van der Waals surface area contributed by atoms with Crippen molar-refractivity contribution in [1.29, 1.82) is 0 Å². The van der Waals surface area contributed by atoms with Gasteiger partial charge in [0.2, 0.25) is 5.91 Å². The average molecular weight is 402 g/mol. The maximum Gasteiger partial charge on any atom is 0.227 e. The van der Waals surface area contributed by atoms with Gasteiger partial charge in [0.1, 0.15) is 5.84 Å². The minimum Gasteiger partial charge on any atom is -0.384 e. The maximum atomic E-state index is 12.5. The molecule has 7 heteroatoms. The van der Waals surface area contributed by atoms with E-state index in [4.69, 9.17) is 5.73 Å². The second-order valence-electron chi connectivity index (χ2n) is 6.69. The predicted octanol–water partition coefficient (Wildman–Crippen LogP) is 3.68. The van der Waals surface area contributed by atoms with Gasteiger partial charge in [0.15, 0.2) is 0 Å². The lowest BCUT2D eigenvalue weighted by Crippen LogP contribution is -2.32. The first-order chi connectivity index (χ1) is 14.0. The summed E-state index contributed by atoms with van der Waals surface area (Å²) in [5.41, 5.74) is 7.41. The number of carbonyl (C=O) groups excluding carboxylic acids is 1. The molecule has 2 unspecified atom stereocenters. The Balaban J connectivity index is 2.56. The number of aliphatic imine (C=N–C) groups is 3. The Morgan fingerprint density at radius 1 is 1.55 bits per heavy atom. The van der Waals surface area contributed by atoms with E-state index in [9.17, 15) is 9.18 Å². The van der Waals surface area contributed by atoms with Crippen LogP contribution in [-0.2, 0) is 4.79 Å². The second kappa shape index (κ2) is 14.2. The van der Waals surface area contributed by atoms with E-state index in [0.717, 1.165) is 11.3 Å². The molecular formula is C22H32FN5O. The summed E-state index contributed by atoms with van der Waals surface area (Å²) in [4.78, 5) is 25.2. The van der Waals surface area contributed by atoms with Crippen LogP contribution in [0, 0.1) is 5.92 Å². The lowest BCUT2D eigenvalue weighted by Gasteiger charge is -2.17. The van der Waals surface area contributed by atoms with E-state index in [1.54, 1.807) is 24.6 Å². The maximum absolute atomic E-state index is 12.5. The highest BCUT2D eigenvalue weighted by molar-refractivity contribution is 5.91. The standard InChI is InChI=1S/C22H32FN5O/c1-4-7-21(24)28-17(3)8-12-27-22(29)19-9-13-26-20(15-19)14-18(5-2)16-25-11-6-10-23/h4-5,7,11,13,15-17,19H,2,6,8-10,12,14H2,1,3H3,(H2,24,28)(H,27,29)/b7-4+,18-16+,25-11?. The number of halogens is 1. The fourth-order valence-corrected chi connectivity index (χ4v) is 2.63. The molecule has 0 radical (unpaired) electrons. The molecule has 0 aromatic rings. The molecule has 0 bridgehead atoms. The minimum atomic E-state index is -0.429. The third-order valence-electron chi connectivity index (χ3n) is 4.15. The molecule has 1 amide bonds. The monoisotopic (exact) mass is 401 g/mol. The molecule has 0 aromatic heterocycles. The molecule has 3 N–H and O–H groups in total. The fraction of sp³-hybridized carbons (Fsp3) is 0.455. The Morgan fingerprint density at radius 3 is 3.03 bits per heavy atom. The number of nitrogens with zero attached hydrogens (tertiary/aromatic N) is 3. The van der Waals surface area contributed by atoms with E-state index in [0.29, 0.717) is 31.6 Å². The van der Waals surface area contributed by atoms with Crippen molar-refractivity contribution >= 4 is 24.2 Å². The first-order valence-corrected chi connectivity index (χ1v) is 9.86. The Kier molecular flexibility index (Phi) is 11.9. The topological polar surface area (TPSA) is 92.2 Å². The number of amides is 1. The van der Waals surface area contributed by atoms with Gasteiger partial charge < -0.3 is 11.1 Å². The summed E-state index contributed by atoms with van der Waals surface area (Å²) in [6.45, 7) is 7.72. The van der Waals surface area contributed by atoms with E-state index in [-0.39, 0.29) is 24.3 Å². The van der Waals surface area contributed by atoms with Crippen LogP contribution in [0.1, 0.15) is 39.5 Å². The largest absolute Gasteiger partial charge is 0.384 e. The fourth-order valence-electron chi connectivity index (χ4n) is 2.63. The Bertz CT molecular complexity index is 719. The number of alkyl halides is 1. The highest BCUT2D eigenvalue weighted by atomic mass is 19.1. The molecule has 1 rings (SSSR count). The van der Waals surface area contributed by atoms with E-state index in [1.165, 1.54) is 6.21 Å². The second-order valence-corrected chi connectivity index (χ2v) is 6.69. The summed E-state index contributed by atoms with van der Waals surface area (Å²) in [6, 6.07) is 0.0313. The highest BCUT2D eigenvalue weighted by Gasteiger charge is 2.18. The summed E-state index contributed by atoms with van der Waals surface area (Å²) >= 11 is 0. The summed E-state index contributed by atoms with van der Waals surface area (Å²) in [5, 5.41) is 2.96. The number of hydrogen-bond donors (Lipinski definition) is 2. The van der Waals surface area contributed by atoms with Crippen molar-refractivity contribution in [3.05, 3.63) is 48.4 Å². The Morgan fingerprint density at radius 2 is 2.34 bits per heavy atom. The number of hydrogen-bond acceptors (Lipinski definition) is 4. The van der Waals surface area contributed by atoms with Crippen LogP contribution in [0.4, 0.5) is 4.39 Å². The van der Waals surface area contributed by atoms with Crippen LogP contribution in [0.25, 0.3) is 0 Å². The van der Waals surface area contributed by atoms with Gasteiger partial charge in [0.05, 0.1) is 18.6 Å². The Hall–Kier alpha value is -2.83. The smallest absolute Gasteiger partial charge is 0.227 e. The molecule has 6 nitrogen and oxygen atoms in total. The first kappa shape index (κ1) is 24.2. The molecule has 0 saturated carbocycles. The molecule has 0 saturated heterocycles. The highest BCUT2D eigenvalue weighted by Crippen LogP contribution is 2.21.